The van der Waals surface area contributed by atoms with Crippen LogP contribution < -0.4 is 9.80 Å². The third kappa shape index (κ3) is 5.28. The third-order valence-electron chi connectivity index (χ3n) is 8.30. The molecule has 1 aliphatic carbocycles. The summed E-state index contributed by atoms with van der Waals surface area (Å²) in [6, 6.07) is 43.4. The van der Waals surface area contributed by atoms with E-state index in [1.165, 1.54) is 32.3 Å². The molecule has 0 N–H and O–H groups in total. The molecule has 46 heavy (non-hydrogen) atoms. The van der Waals surface area contributed by atoms with Gasteiger partial charge in [0.25, 0.3) is 0 Å². The van der Waals surface area contributed by atoms with E-state index in [1.807, 2.05) is 24.3 Å². The molecule has 0 amide bonds. The number of rotatable bonds is 8. The first-order valence-electron chi connectivity index (χ1n) is 15.6. The number of anilines is 4. The maximum absolute atomic E-state index is 4.04. The van der Waals surface area contributed by atoms with Gasteiger partial charge in [0.15, 0.2) is 0 Å². The SMILES string of the molecule is C=CC=C(C=CC)N(c1ccccc1)c1cc2c3ccccc3c(N(C3=CC=C=CC=C3)c3ccccc3)cc2c2ccccc12. The van der Waals surface area contributed by atoms with Crippen molar-refractivity contribution < 1.29 is 0 Å². The van der Waals surface area contributed by atoms with Crippen LogP contribution in [0.2, 0.25) is 0 Å². The number of hydrogen-bond donors (Lipinski definition) is 0. The zero-order chi connectivity index (χ0) is 31.3. The number of para-hydroxylation sites is 2. The fourth-order valence-electron chi connectivity index (χ4n) is 6.38. The molecule has 0 fully saturated rings. The lowest BCUT2D eigenvalue weighted by molar-refractivity contribution is 1.22. The van der Waals surface area contributed by atoms with Crippen LogP contribution in [0.1, 0.15) is 6.92 Å². The smallest absolute Gasteiger partial charge is 0.0546 e. The minimum absolute atomic E-state index is 1.04. The Morgan fingerprint density at radius 1 is 0.630 bits per heavy atom. The van der Waals surface area contributed by atoms with Crippen LogP contribution in [-0.2, 0) is 0 Å². The van der Waals surface area contributed by atoms with Crippen LogP contribution in [0, 0.1) is 0 Å². The number of fused-ring (bicyclic) bond motifs is 5. The summed E-state index contributed by atoms with van der Waals surface area (Å²) in [6.07, 6.45) is 18.4. The van der Waals surface area contributed by atoms with Crippen molar-refractivity contribution in [3.8, 4) is 0 Å². The first-order valence-corrected chi connectivity index (χ1v) is 15.6. The molecule has 0 radical (unpaired) electrons. The van der Waals surface area contributed by atoms with Gasteiger partial charge in [0.1, 0.15) is 0 Å². The van der Waals surface area contributed by atoms with E-state index in [0.717, 1.165) is 34.1 Å². The average Bonchev–Trinajstić information content (AvgIpc) is 3.39. The number of allylic oxidation sites excluding steroid dienone is 8. The van der Waals surface area contributed by atoms with Crippen LogP contribution in [0.15, 0.2) is 200 Å². The third-order valence-corrected chi connectivity index (χ3v) is 8.30. The molecule has 2 nitrogen and oxygen atoms in total. The standard InChI is InChI=1S/C44H34N2/c1-3-19-33(20-4-2)45(34-23-11-7-12-24-34)43-31-41-38-28-16-18-30-40(38)44(32-42(41)37-27-15-17-29-39(37)43)46(36-25-13-8-14-26-36)35-21-9-5-6-10-22-35/h3-5,7-32H,1H2,2H3. The highest BCUT2D eigenvalue weighted by Gasteiger charge is 2.22. The topological polar surface area (TPSA) is 6.48 Å². The molecule has 7 rings (SSSR count). The molecule has 2 heteroatoms. The van der Waals surface area contributed by atoms with Crippen molar-refractivity contribution >= 4 is 55.1 Å². The predicted molar refractivity (Wildman–Crippen MR) is 199 cm³/mol. The Kier molecular flexibility index (Phi) is 8.03. The minimum atomic E-state index is 1.04. The van der Waals surface area contributed by atoms with E-state index in [4.69, 9.17) is 0 Å². The second-order valence-corrected chi connectivity index (χ2v) is 11.1. The van der Waals surface area contributed by atoms with Crippen molar-refractivity contribution in [1.82, 2.24) is 0 Å². The molecular weight excluding hydrogens is 556 g/mol. The van der Waals surface area contributed by atoms with E-state index in [2.05, 4.69) is 181 Å². The van der Waals surface area contributed by atoms with E-state index >= 15 is 0 Å². The molecule has 0 saturated carbocycles. The van der Waals surface area contributed by atoms with Gasteiger partial charge >= 0.3 is 0 Å². The predicted octanol–water partition coefficient (Wildman–Crippen LogP) is 12.2. The first-order chi connectivity index (χ1) is 22.8. The van der Waals surface area contributed by atoms with Crippen LogP contribution >= 0.6 is 0 Å². The van der Waals surface area contributed by atoms with Crippen molar-refractivity contribution in [3.05, 3.63) is 200 Å². The molecule has 0 heterocycles. The van der Waals surface area contributed by atoms with Crippen LogP contribution in [0.5, 0.6) is 0 Å². The lowest BCUT2D eigenvalue weighted by Crippen LogP contribution is -2.16. The highest BCUT2D eigenvalue weighted by Crippen LogP contribution is 2.46. The fraction of sp³-hybridized carbons (Fsp3) is 0.0227. The summed E-state index contributed by atoms with van der Waals surface area (Å²) in [4.78, 5) is 4.69. The Hall–Kier alpha value is -6.08. The lowest BCUT2D eigenvalue weighted by atomic mass is 9.93. The molecule has 0 saturated heterocycles. The van der Waals surface area contributed by atoms with E-state index in [-0.39, 0.29) is 0 Å². The molecule has 1 aliphatic rings. The summed E-state index contributed by atoms with van der Waals surface area (Å²) in [5.74, 6) is 0. The van der Waals surface area contributed by atoms with Crippen LogP contribution in [0.3, 0.4) is 0 Å². The molecule has 220 valence electrons. The molecule has 6 aromatic carbocycles. The summed E-state index contributed by atoms with van der Waals surface area (Å²) in [6.45, 7) is 6.09. The van der Waals surface area contributed by atoms with Gasteiger partial charge in [0.2, 0.25) is 0 Å². The largest absolute Gasteiger partial charge is 0.310 e. The molecule has 0 aliphatic heterocycles. The summed E-state index contributed by atoms with van der Waals surface area (Å²) in [5.41, 5.74) is 9.75. The monoisotopic (exact) mass is 590 g/mol. The normalized spacial score (nSPS) is 13.0. The van der Waals surface area contributed by atoms with Gasteiger partial charge in [-0.05, 0) is 101 Å². The Morgan fingerprint density at radius 3 is 1.83 bits per heavy atom. The quantitative estimate of drug-likeness (QED) is 0.0988. The molecule has 0 atom stereocenters. The molecule has 6 aromatic rings. The Balaban J connectivity index is 1.59. The van der Waals surface area contributed by atoms with Gasteiger partial charge in [-0.1, -0.05) is 110 Å². The van der Waals surface area contributed by atoms with Crippen molar-refractivity contribution in [2.45, 2.75) is 6.92 Å². The number of benzene rings is 6. The van der Waals surface area contributed by atoms with Crippen LogP contribution in [0.4, 0.5) is 22.7 Å². The Bertz CT molecular complexity index is 2140. The molecule has 0 bridgehead atoms. The van der Waals surface area contributed by atoms with E-state index in [9.17, 15) is 0 Å². The highest BCUT2D eigenvalue weighted by atomic mass is 15.2. The maximum Gasteiger partial charge on any atom is 0.0546 e. The zero-order valence-electron chi connectivity index (χ0n) is 25.8. The summed E-state index contributed by atoms with van der Waals surface area (Å²) >= 11 is 0. The van der Waals surface area contributed by atoms with Crippen LogP contribution in [0.25, 0.3) is 32.3 Å². The van der Waals surface area contributed by atoms with Crippen LogP contribution in [-0.4, -0.2) is 0 Å². The average molecular weight is 591 g/mol. The molecule has 0 spiro atoms. The fourth-order valence-corrected chi connectivity index (χ4v) is 6.38. The lowest BCUT2D eigenvalue weighted by Gasteiger charge is -2.30. The van der Waals surface area contributed by atoms with Gasteiger partial charge < -0.3 is 9.80 Å². The summed E-state index contributed by atoms with van der Waals surface area (Å²) < 4.78 is 0. The number of hydrogen-bond acceptors (Lipinski definition) is 2. The van der Waals surface area contributed by atoms with Crippen molar-refractivity contribution in [2.24, 2.45) is 0 Å². The number of nitrogens with zero attached hydrogens (tertiary/aromatic N) is 2. The molecule has 0 unspecified atom stereocenters. The van der Waals surface area contributed by atoms with Crippen molar-refractivity contribution in [3.63, 3.8) is 0 Å². The van der Waals surface area contributed by atoms with Crippen molar-refractivity contribution in [1.29, 1.82) is 0 Å². The second-order valence-electron chi connectivity index (χ2n) is 11.1. The van der Waals surface area contributed by atoms with Gasteiger partial charge in [-0.25, -0.2) is 0 Å². The van der Waals surface area contributed by atoms with Crippen molar-refractivity contribution in [2.75, 3.05) is 9.80 Å². The van der Waals surface area contributed by atoms with E-state index < -0.39 is 0 Å². The molecular formula is C44H34N2. The minimum Gasteiger partial charge on any atom is -0.310 e. The zero-order valence-corrected chi connectivity index (χ0v) is 25.8. The molecule has 0 aromatic heterocycles. The van der Waals surface area contributed by atoms with Gasteiger partial charge in [-0.15, -0.1) is 5.73 Å². The Morgan fingerprint density at radius 2 is 1.20 bits per heavy atom. The second kappa shape index (κ2) is 12.9. The summed E-state index contributed by atoms with van der Waals surface area (Å²) in [5, 5.41) is 7.15. The van der Waals surface area contributed by atoms with Gasteiger partial charge in [0.05, 0.1) is 11.4 Å². The Labute approximate surface area is 270 Å². The first kappa shape index (κ1) is 28.7. The maximum atomic E-state index is 4.04. The summed E-state index contributed by atoms with van der Waals surface area (Å²) in [7, 11) is 0. The van der Waals surface area contributed by atoms with E-state index in [0.29, 0.717) is 0 Å². The van der Waals surface area contributed by atoms with E-state index in [1.54, 1.807) is 0 Å². The van der Waals surface area contributed by atoms with Gasteiger partial charge in [-0.2, -0.15) is 0 Å². The van der Waals surface area contributed by atoms with Gasteiger partial charge in [-0.3, -0.25) is 0 Å². The van der Waals surface area contributed by atoms with Gasteiger partial charge in [0, 0.05) is 33.5 Å². The highest BCUT2D eigenvalue weighted by molar-refractivity contribution is 6.24.